The summed E-state index contributed by atoms with van der Waals surface area (Å²) >= 11 is 0. The number of hydrogen-bond acceptors (Lipinski definition) is 3. The average Bonchev–Trinajstić information content (AvgIpc) is 2.74. The molecule has 138 valence electrons. The maximum atomic E-state index is 12.0. The summed E-state index contributed by atoms with van der Waals surface area (Å²) < 4.78 is 5.08. The number of carbonyl (C=O) groups is 1. The first-order valence-electron chi connectivity index (χ1n) is 9.13. The number of rotatable bonds is 5. The zero-order chi connectivity index (χ0) is 19.6. The van der Waals surface area contributed by atoms with Gasteiger partial charge in [0.15, 0.2) is 0 Å². The molecule has 0 saturated carbocycles. The SMILES string of the molecule is CCOC(=O)/C=C(/Nc1ccccc1C#Cc1ccccc1)c1ccccc1. The van der Waals surface area contributed by atoms with E-state index in [0.717, 1.165) is 22.4 Å². The van der Waals surface area contributed by atoms with Gasteiger partial charge in [0.05, 0.1) is 18.0 Å². The van der Waals surface area contributed by atoms with E-state index in [1.807, 2.05) is 84.9 Å². The van der Waals surface area contributed by atoms with Crippen molar-refractivity contribution in [3.05, 3.63) is 108 Å². The molecule has 0 aliphatic rings. The molecule has 3 aromatic carbocycles. The molecule has 3 nitrogen and oxygen atoms in total. The van der Waals surface area contributed by atoms with Crippen LogP contribution in [0, 0.1) is 11.8 Å². The third-order valence-electron chi connectivity index (χ3n) is 3.95. The number of hydrogen-bond donors (Lipinski definition) is 1. The minimum atomic E-state index is -0.387. The Kier molecular flexibility index (Phi) is 6.65. The molecule has 0 fully saturated rings. The van der Waals surface area contributed by atoms with Gasteiger partial charge in [-0.25, -0.2) is 4.79 Å². The van der Waals surface area contributed by atoms with E-state index < -0.39 is 0 Å². The Balaban J connectivity index is 1.94. The fourth-order valence-electron chi connectivity index (χ4n) is 2.62. The highest BCUT2D eigenvalue weighted by Crippen LogP contribution is 2.22. The number of nitrogens with one attached hydrogen (secondary N) is 1. The molecular weight excluding hydrogens is 346 g/mol. The maximum absolute atomic E-state index is 12.0. The third-order valence-corrected chi connectivity index (χ3v) is 3.95. The van der Waals surface area contributed by atoms with Gasteiger partial charge in [-0.05, 0) is 36.8 Å². The molecule has 0 radical (unpaired) electrons. The smallest absolute Gasteiger partial charge is 0.332 e. The van der Waals surface area contributed by atoms with Gasteiger partial charge in [-0.15, -0.1) is 0 Å². The quantitative estimate of drug-likeness (QED) is 0.387. The van der Waals surface area contributed by atoms with Crippen molar-refractivity contribution in [3.63, 3.8) is 0 Å². The average molecular weight is 367 g/mol. The van der Waals surface area contributed by atoms with Crippen LogP contribution in [0.2, 0.25) is 0 Å². The van der Waals surface area contributed by atoms with Crippen LogP contribution >= 0.6 is 0 Å². The molecule has 0 saturated heterocycles. The molecule has 1 N–H and O–H groups in total. The van der Waals surface area contributed by atoms with E-state index in [1.54, 1.807) is 6.92 Å². The zero-order valence-electron chi connectivity index (χ0n) is 15.7. The van der Waals surface area contributed by atoms with E-state index in [2.05, 4.69) is 17.2 Å². The Morgan fingerprint density at radius 1 is 0.893 bits per heavy atom. The summed E-state index contributed by atoms with van der Waals surface area (Å²) in [5.41, 5.74) is 4.17. The first-order chi connectivity index (χ1) is 13.8. The molecule has 3 heteroatoms. The van der Waals surface area contributed by atoms with E-state index >= 15 is 0 Å². The minimum absolute atomic E-state index is 0.330. The van der Waals surface area contributed by atoms with Crippen LogP contribution in [0.1, 0.15) is 23.6 Å². The highest BCUT2D eigenvalue weighted by Gasteiger charge is 2.08. The van der Waals surface area contributed by atoms with Crippen molar-refractivity contribution in [1.82, 2.24) is 0 Å². The van der Waals surface area contributed by atoms with Crippen LogP contribution in [0.15, 0.2) is 91.0 Å². The summed E-state index contributed by atoms with van der Waals surface area (Å²) in [6.45, 7) is 2.12. The predicted octanol–water partition coefficient (Wildman–Crippen LogP) is 5.10. The van der Waals surface area contributed by atoms with Gasteiger partial charge in [0.2, 0.25) is 0 Å². The molecule has 3 aromatic rings. The minimum Gasteiger partial charge on any atom is -0.463 e. The van der Waals surface area contributed by atoms with E-state index in [9.17, 15) is 4.79 Å². The summed E-state index contributed by atoms with van der Waals surface area (Å²) in [7, 11) is 0. The van der Waals surface area contributed by atoms with E-state index in [1.165, 1.54) is 6.08 Å². The Hall–Kier alpha value is -3.77. The number of ether oxygens (including phenoxy) is 1. The van der Waals surface area contributed by atoms with Gasteiger partial charge >= 0.3 is 5.97 Å². The van der Waals surface area contributed by atoms with Crippen molar-refractivity contribution >= 4 is 17.4 Å². The van der Waals surface area contributed by atoms with Crippen LogP contribution in [0.3, 0.4) is 0 Å². The normalized spacial score (nSPS) is 10.5. The molecule has 3 rings (SSSR count). The third kappa shape index (κ3) is 5.36. The largest absolute Gasteiger partial charge is 0.463 e. The molecular formula is C25H21NO2. The van der Waals surface area contributed by atoms with Gasteiger partial charge in [0.25, 0.3) is 0 Å². The Morgan fingerprint density at radius 2 is 1.54 bits per heavy atom. The van der Waals surface area contributed by atoms with Gasteiger partial charge in [-0.2, -0.15) is 0 Å². The van der Waals surface area contributed by atoms with Crippen LogP contribution in [-0.2, 0) is 9.53 Å². The predicted molar refractivity (Wildman–Crippen MR) is 114 cm³/mol. The van der Waals surface area contributed by atoms with Crippen molar-refractivity contribution in [2.24, 2.45) is 0 Å². The lowest BCUT2D eigenvalue weighted by Crippen LogP contribution is -2.06. The molecule has 0 amide bonds. The summed E-state index contributed by atoms with van der Waals surface area (Å²) in [4.78, 5) is 12.0. The Labute approximate surface area is 165 Å². The van der Waals surface area contributed by atoms with E-state index in [-0.39, 0.29) is 5.97 Å². The second kappa shape index (κ2) is 9.80. The Morgan fingerprint density at radius 3 is 2.25 bits per heavy atom. The van der Waals surface area contributed by atoms with Gasteiger partial charge in [-0.1, -0.05) is 72.5 Å². The second-order valence-corrected chi connectivity index (χ2v) is 5.96. The molecule has 28 heavy (non-hydrogen) atoms. The molecule has 0 aliphatic carbocycles. The van der Waals surface area contributed by atoms with Crippen LogP contribution in [0.25, 0.3) is 5.70 Å². The number of para-hydroxylation sites is 1. The molecule has 0 unspecified atom stereocenters. The lowest BCUT2D eigenvalue weighted by molar-refractivity contribution is -0.137. The zero-order valence-corrected chi connectivity index (χ0v) is 15.7. The Bertz CT molecular complexity index is 1010. The number of benzene rings is 3. The number of esters is 1. The fourth-order valence-corrected chi connectivity index (χ4v) is 2.62. The first-order valence-corrected chi connectivity index (χ1v) is 9.13. The standard InChI is InChI=1S/C25H21NO2/c1-2-28-25(27)19-24(21-13-7-4-8-14-21)26-23-16-10-9-15-22(23)18-17-20-11-5-3-6-12-20/h3-16,19,26H,2H2,1H3/b24-19+. The maximum Gasteiger partial charge on any atom is 0.332 e. The van der Waals surface area contributed by atoms with Crippen LogP contribution in [0.5, 0.6) is 0 Å². The monoisotopic (exact) mass is 367 g/mol. The molecule has 0 aliphatic heterocycles. The fraction of sp³-hybridized carbons (Fsp3) is 0.0800. The second-order valence-electron chi connectivity index (χ2n) is 5.96. The van der Waals surface area contributed by atoms with Gasteiger partial charge < -0.3 is 10.1 Å². The van der Waals surface area contributed by atoms with Crippen molar-refractivity contribution in [2.75, 3.05) is 11.9 Å². The number of anilines is 1. The summed E-state index contributed by atoms with van der Waals surface area (Å²) in [6, 6.07) is 27.3. The molecule has 0 bridgehead atoms. The van der Waals surface area contributed by atoms with Crippen LogP contribution < -0.4 is 5.32 Å². The van der Waals surface area contributed by atoms with Crippen molar-refractivity contribution in [1.29, 1.82) is 0 Å². The lowest BCUT2D eigenvalue weighted by Gasteiger charge is -2.13. The van der Waals surface area contributed by atoms with Gasteiger partial charge in [0.1, 0.15) is 0 Å². The molecule has 0 atom stereocenters. The van der Waals surface area contributed by atoms with E-state index in [4.69, 9.17) is 4.74 Å². The van der Waals surface area contributed by atoms with Gasteiger partial charge in [0, 0.05) is 17.2 Å². The summed E-state index contributed by atoms with van der Waals surface area (Å²) in [5.74, 6) is 6.00. The van der Waals surface area contributed by atoms with Crippen molar-refractivity contribution < 1.29 is 9.53 Å². The van der Waals surface area contributed by atoms with Crippen LogP contribution in [-0.4, -0.2) is 12.6 Å². The lowest BCUT2D eigenvalue weighted by atomic mass is 10.1. The van der Waals surface area contributed by atoms with E-state index in [0.29, 0.717) is 12.3 Å². The highest BCUT2D eigenvalue weighted by molar-refractivity contribution is 5.94. The first kappa shape index (κ1) is 19.0. The highest BCUT2D eigenvalue weighted by atomic mass is 16.5. The topological polar surface area (TPSA) is 38.3 Å². The number of carbonyl (C=O) groups excluding carboxylic acids is 1. The molecule has 0 spiro atoms. The van der Waals surface area contributed by atoms with Crippen LogP contribution in [0.4, 0.5) is 5.69 Å². The molecule has 0 heterocycles. The molecule has 0 aromatic heterocycles. The summed E-state index contributed by atoms with van der Waals surface area (Å²) in [6.07, 6.45) is 1.47. The van der Waals surface area contributed by atoms with Gasteiger partial charge in [-0.3, -0.25) is 0 Å². The van der Waals surface area contributed by atoms with Crippen molar-refractivity contribution in [3.8, 4) is 11.8 Å². The summed E-state index contributed by atoms with van der Waals surface area (Å²) in [5, 5.41) is 3.35. The van der Waals surface area contributed by atoms with Crippen molar-refractivity contribution in [2.45, 2.75) is 6.92 Å².